The van der Waals surface area contributed by atoms with Gasteiger partial charge in [-0.3, -0.25) is 4.79 Å². The van der Waals surface area contributed by atoms with E-state index in [2.05, 4.69) is 19.2 Å². The molecule has 12 heavy (non-hydrogen) atoms. The summed E-state index contributed by atoms with van der Waals surface area (Å²) in [6.07, 6.45) is 1.60. The fraction of sp³-hybridized carbons (Fsp3) is 0.900. The van der Waals surface area contributed by atoms with Crippen LogP contribution < -0.4 is 5.32 Å². The van der Waals surface area contributed by atoms with E-state index in [-0.39, 0.29) is 6.04 Å². The van der Waals surface area contributed by atoms with E-state index in [1.54, 1.807) is 0 Å². The molecule has 0 saturated heterocycles. The molecule has 2 heteroatoms. The number of hydrogen-bond acceptors (Lipinski definition) is 2. The lowest BCUT2D eigenvalue weighted by Gasteiger charge is -2.17. The molecule has 2 nitrogen and oxygen atoms in total. The number of Topliss-reactive ketones (excluding diaryl/α,β-unsaturated/α-hetero) is 1. The van der Waals surface area contributed by atoms with Crippen LogP contribution in [0.1, 0.15) is 40.5 Å². The van der Waals surface area contributed by atoms with Crippen molar-refractivity contribution < 1.29 is 4.79 Å². The van der Waals surface area contributed by atoms with Gasteiger partial charge in [-0.1, -0.05) is 27.7 Å². The fourth-order valence-electron chi connectivity index (χ4n) is 1.29. The number of carbonyl (C=O) groups excluding carboxylic acids is 1. The molecule has 0 aliphatic rings. The first-order valence-electron chi connectivity index (χ1n) is 4.87. The molecule has 0 rings (SSSR count). The highest BCUT2D eigenvalue weighted by atomic mass is 16.1. The standard InChI is InChI=1S/C10H21NO/c1-5-10(12)9(11-6-2)7-8(3)4/h8-9,11H,5-7H2,1-4H3. The van der Waals surface area contributed by atoms with E-state index in [1.807, 2.05) is 13.8 Å². The van der Waals surface area contributed by atoms with Crippen LogP contribution in [0.15, 0.2) is 0 Å². The van der Waals surface area contributed by atoms with Crippen molar-refractivity contribution >= 4 is 5.78 Å². The summed E-state index contributed by atoms with van der Waals surface area (Å²) in [7, 11) is 0. The summed E-state index contributed by atoms with van der Waals surface area (Å²) >= 11 is 0. The van der Waals surface area contributed by atoms with E-state index >= 15 is 0 Å². The average Bonchev–Trinajstić information content (AvgIpc) is 2.01. The molecule has 0 aliphatic heterocycles. The van der Waals surface area contributed by atoms with Gasteiger partial charge in [0, 0.05) is 6.42 Å². The minimum absolute atomic E-state index is 0.0833. The Bertz CT molecular complexity index is 132. The van der Waals surface area contributed by atoms with E-state index < -0.39 is 0 Å². The molecule has 0 aromatic carbocycles. The number of carbonyl (C=O) groups is 1. The van der Waals surface area contributed by atoms with Gasteiger partial charge in [-0.25, -0.2) is 0 Å². The third kappa shape index (κ3) is 4.50. The Morgan fingerprint density at radius 2 is 1.92 bits per heavy atom. The summed E-state index contributed by atoms with van der Waals surface area (Å²) in [5, 5.41) is 3.22. The van der Waals surface area contributed by atoms with Crippen molar-refractivity contribution in [3.63, 3.8) is 0 Å². The zero-order valence-corrected chi connectivity index (χ0v) is 8.68. The first kappa shape index (κ1) is 11.6. The quantitative estimate of drug-likeness (QED) is 0.662. The van der Waals surface area contributed by atoms with Crippen molar-refractivity contribution in [1.29, 1.82) is 0 Å². The van der Waals surface area contributed by atoms with Crippen LogP contribution >= 0.6 is 0 Å². The normalized spacial score (nSPS) is 13.4. The van der Waals surface area contributed by atoms with Gasteiger partial charge in [0.1, 0.15) is 5.78 Å². The third-order valence-electron chi connectivity index (χ3n) is 1.89. The molecule has 0 amide bonds. The summed E-state index contributed by atoms with van der Waals surface area (Å²) in [6.45, 7) is 9.13. The summed E-state index contributed by atoms with van der Waals surface area (Å²) in [6, 6.07) is 0.0833. The Kier molecular flexibility index (Phi) is 5.99. The zero-order valence-electron chi connectivity index (χ0n) is 8.68. The highest BCUT2D eigenvalue weighted by Gasteiger charge is 2.15. The molecule has 0 aliphatic carbocycles. The first-order chi connectivity index (χ1) is 5.61. The third-order valence-corrected chi connectivity index (χ3v) is 1.89. The molecule has 0 aromatic heterocycles. The van der Waals surface area contributed by atoms with Crippen LogP contribution in [0.3, 0.4) is 0 Å². The Labute approximate surface area is 75.7 Å². The largest absolute Gasteiger partial charge is 0.308 e. The molecule has 0 heterocycles. The highest BCUT2D eigenvalue weighted by molar-refractivity contribution is 5.83. The monoisotopic (exact) mass is 171 g/mol. The van der Waals surface area contributed by atoms with Crippen LogP contribution in [0.2, 0.25) is 0 Å². The number of rotatable bonds is 6. The molecule has 0 saturated carbocycles. The van der Waals surface area contributed by atoms with Gasteiger partial charge in [0.05, 0.1) is 6.04 Å². The molecule has 1 N–H and O–H groups in total. The van der Waals surface area contributed by atoms with Crippen molar-refractivity contribution in [3.05, 3.63) is 0 Å². The van der Waals surface area contributed by atoms with Crippen molar-refractivity contribution in [2.45, 2.75) is 46.6 Å². The molecule has 1 unspecified atom stereocenters. The van der Waals surface area contributed by atoms with Crippen LogP contribution in [0, 0.1) is 5.92 Å². The van der Waals surface area contributed by atoms with Crippen LogP contribution in [-0.4, -0.2) is 18.4 Å². The van der Waals surface area contributed by atoms with Crippen LogP contribution in [0.5, 0.6) is 0 Å². The topological polar surface area (TPSA) is 29.1 Å². The maximum absolute atomic E-state index is 11.4. The van der Waals surface area contributed by atoms with Crippen molar-refractivity contribution in [2.75, 3.05) is 6.54 Å². The predicted octanol–water partition coefficient (Wildman–Crippen LogP) is 1.99. The fourth-order valence-corrected chi connectivity index (χ4v) is 1.29. The molecule has 0 fully saturated rings. The van der Waals surface area contributed by atoms with Crippen LogP contribution in [-0.2, 0) is 4.79 Å². The predicted molar refractivity (Wildman–Crippen MR) is 52.2 cm³/mol. The van der Waals surface area contributed by atoms with Gasteiger partial charge in [0.25, 0.3) is 0 Å². The summed E-state index contributed by atoms with van der Waals surface area (Å²) in [5.41, 5.74) is 0. The second-order valence-corrected chi connectivity index (χ2v) is 3.56. The Morgan fingerprint density at radius 1 is 1.33 bits per heavy atom. The first-order valence-corrected chi connectivity index (χ1v) is 4.87. The summed E-state index contributed by atoms with van der Waals surface area (Å²) in [4.78, 5) is 11.4. The maximum atomic E-state index is 11.4. The number of ketones is 1. The lowest BCUT2D eigenvalue weighted by atomic mass is 9.99. The van der Waals surface area contributed by atoms with Crippen LogP contribution in [0.4, 0.5) is 0 Å². The van der Waals surface area contributed by atoms with Gasteiger partial charge in [-0.15, -0.1) is 0 Å². The maximum Gasteiger partial charge on any atom is 0.149 e. The van der Waals surface area contributed by atoms with E-state index in [9.17, 15) is 4.79 Å². The Balaban J connectivity index is 3.94. The number of hydrogen-bond donors (Lipinski definition) is 1. The SMILES string of the molecule is CCNC(CC(C)C)C(=O)CC. The van der Waals surface area contributed by atoms with Crippen molar-refractivity contribution in [2.24, 2.45) is 5.92 Å². The Morgan fingerprint density at radius 3 is 2.25 bits per heavy atom. The molecule has 0 spiro atoms. The number of likely N-dealkylation sites (N-methyl/N-ethyl adjacent to an activating group) is 1. The average molecular weight is 171 g/mol. The molecule has 1 atom stereocenters. The van der Waals surface area contributed by atoms with Gasteiger partial charge in [0.15, 0.2) is 0 Å². The minimum Gasteiger partial charge on any atom is -0.308 e. The summed E-state index contributed by atoms with van der Waals surface area (Å²) in [5.74, 6) is 0.926. The smallest absolute Gasteiger partial charge is 0.149 e. The molecule has 0 bridgehead atoms. The second kappa shape index (κ2) is 6.18. The molecular formula is C10H21NO. The molecule has 0 radical (unpaired) electrons. The van der Waals surface area contributed by atoms with E-state index in [4.69, 9.17) is 0 Å². The van der Waals surface area contributed by atoms with E-state index in [1.165, 1.54) is 0 Å². The summed E-state index contributed by atoms with van der Waals surface area (Å²) < 4.78 is 0. The highest BCUT2D eigenvalue weighted by Crippen LogP contribution is 2.06. The molecule has 72 valence electrons. The second-order valence-electron chi connectivity index (χ2n) is 3.56. The van der Waals surface area contributed by atoms with Gasteiger partial charge in [-0.2, -0.15) is 0 Å². The van der Waals surface area contributed by atoms with Crippen molar-refractivity contribution in [1.82, 2.24) is 5.32 Å². The van der Waals surface area contributed by atoms with Gasteiger partial charge < -0.3 is 5.32 Å². The molecular weight excluding hydrogens is 150 g/mol. The minimum atomic E-state index is 0.0833. The number of nitrogens with one attached hydrogen (secondary N) is 1. The Hall–Kier alpha value is -0.370. The van der Waals surface area contributed by atoms with Crippen LogP contribution in [0.25, 0.3) is 0 Å². The van der Waals surface area contributed by atoms with Crippen molar-refractivity contribution in [3.8, 4) is 0 Å². The van der Waals surface area contributed by atoms with E-state index in [0.717, 1.165) is 13.0 Å². The van der Waals surface area contributed by atoms with E-state index in [0.29, 0.717) is 18.1 Å². The zero-order chi connectivity index (χ0) is 9.56. The lowest BCUT2D eigenvalue weighted by Crippen LogP contribution is -2.37. The van der Waals surface area contributed by atoms with Gasteiger partial charge >= 0.3 is 0 Å². The van der Waals surface area contributed by atoms with Gasteiger partial charge in [0.2, 0.25) is 0 Å². The van der Waals surface area contributed by atoms with Gasteiger partial charge in [-0.05, 0) is 18.9 Å². The molecule has 0 aromatic rings. The lowest BCUT2D eigenvalue weighted by molar-refractivity contribution is -0.121.